The van der Waals surface area contributed by atoms with Gasteiger partial charge in [-0.15, -0.1) is 0 Å². The van der Waals surface area contributed by atoms with Gasteiger partial charge in [-0.2, -0.15) is 0 Å². The van der Waals surface area contributed by atoms with E-state index in [1.165, 1.54) is 128 Å². The standard InChI is InChI=1S/C30H62N2O.HI/c1-5-6-7-8-9-10-11-12-13-14-15-16-17-18-19-20-21-22-23-24-25-27-30(33)31-28-26-29-32(2,3)4;/h5-29H2,1-4H3;1H. The second-order valence-corrected chi connectivity index (χ2v) is 11.5. The van der Waals surface area contributed by atoms with Gasteiger partial charge in [0.05, 0.1) is 27.7 Å². The molecular formula is C30H63IN2O. The van der Waals surface area contributed by atoms with Crippen LogP contribution in [0.15, 0.2) is 0 Å². The largest absolute Gasteiger partial charge is 1.00 e. The molecule has 0 heterocycles. The van der Waals surface area contributed by atoms with Crippen molar-refractivity contribution in [2.24, 2.45) is 0 Å². The number of carbonyl (C=O) groups excluding carboxylic acids is 1. The second kappa shape index (κ2) is 27.7. The van der Waals surface area contributed by atoms with Crippen molar-refractivity contribution in [3.8, 4) is 0 Å². The third kappa shape index (κ3) is 32.2. The molecule has 0 aliphatic heterocycles. The Morgan fingerprint density at radius 3 is 1.18 bits per heavy atom. The van der Waals surface area contributed by atoms with Crippen LogP contribution in [-0.4, -0.2) is 44.6 Å². The smallest absolute Gasteiger partial charge is 0.219 e. The van der Waals surface area contributed by atoms with Gasteiger partial charge in [0.15, 0.2) is 0 Å². The Hall–Kier alpha value is 0.160. The van der Waals surface area contributed by atoms with Crippen molar-refractivity contribution in [3.05, 3.63) is 0 Å². The van der Waals surface area contributed by atoms with E-state index in [0.717, 1.165) is 30.4 Å². The molecule has 0 bridgehead atoms. The fraction of sp³-hybridized carbons (Fsp3) is 0.967. The Kier molecular flexibility index (Phi) is 29.6. The summed E-state index contributed by atoms with van der Waals surface area (Å²) in [4.78, 5) is 11.9. The van der Waals surface area contributed by atoms with E-state index in [4.69, 9.17) is 0 Å². The van der Waals surface area contributed by atoms with Crippen LogP contribution in [0.4, 0.5) is 0 Å². The van der Waals surface area contributed by atoms with Crippen molar-refractivity contribution in [2.75, 3.05) is 34.2 Å². The summed E-state index contributed by atoms with van der Waals surface area (Å²) in [6.45, 7) is 4.23. The summed E-state index contributed by atoms with van der Waals surface area (Å²) in [5.41, 5.74) is 0. The minimum absolute atomic E-state index is 0. The Labute approximate surface area is 232 Å². The molecule has 1 amide bonds. The van der Waals surface area contributed by atoms with Crippen LogP contribution in [0.5, 0.6) is 0 Å². The van der Waals surface area contributed by atoms with Crippen molar-refractivity contribution >= 4 is 5.91 Å². The molecule has 0 aliphatic rings. The highest BCUT2D eigenvalue weighted by Gasteiger charge is 2.06. The molecule has 0 aromatic rings. The molecule has 0 aliphatic carbocycles. The number of halogens is 1. The number of carbonyl (C=O) groups is 1. The van der Waals surface area contributed by atoms with Crippen molar-refractivity contribution in [1.29, 1.82) is 0 Å². The number of nitrogens with one attached hydrogen (secondary N) is 1. The molecule has 0 atom stereocenters. The topological polar surface area (TPSA) is 29.1 Å². The Morgan fingerprint density at radius 2 is 0.853 bits per heavy atom. The van der Waals surface area contributed by atoms with Crippen LogP contribution in [0.2, 0.25) is 0 Å². The first-order valence-electron chi connectivity index (χ1n) is 15.0. The van der Waals surface area contributed by atoms with Crippen LogP contribution in [-0.2, 0) is 4.79 Å². The van der Waals surface area contributed by atoms with Crippen LogP contribution in [0.25, 0.3) is 0 Å². The molecule has 0 unspecified atom stereocenters. The van der Waals surface area contributed by atoms with Gasteiger partial charge >= 0.3 is 0 Å². The van der Waals surface area contributed by atoms with Crippen LogP contribution >= 0.6 is 0 Å². The lowest BCUT2D eigenvalue weighted by Gasteiger charge is -2.23. The molecule has 0 spiro atoms. The molecule has 0 aromatic carbocycles. The monoisotopic (exact) mass is 594 g/mol. The molecule has 0 aromatic heterocycles. The van der Waals surface area contributed by atoms with Gasteiger partial charge in [0.1, 0.15) is 0 Å². The van der Waals surface area contributed by atoms with Crippen molar-refractivity contribution in [1.82, 2.24) is 5.32 Å². The summed E-state index contributed by atoms with van der Waals surface area (Å²) >= 11 is 0. The molecule has 1 N–H and O–H groups in total. The number of rotatable bonds is 26. The number of hydrogen-bond acceptors (Lipinski definition) is 1. The van der Waals surface area contributed by atoms with Crippen LogP contribution < -0.4 is 29.3 Å². The molecule has 206 valence electrons. The number of amides is 1. The van der Waals surface area contributed by atoms with E-state index in [2.05, 4.69) is 33.4 Å². The Balaban J connectivity index is 0. The first kappa shape index (κ1) is 36.3. The highest BCUT2D eigenvalue weighted by atomic mass is 127. The first-order valence-corrected chi connectivity index (χ1v) is 15.0. The van der Waals surface area contributed by atoms with Crippen LogP contribution in [0.1, 0.15) is 155 Å². The number of unbranched alkanes of at least 4 members (excludes halogenated alkanes) is 20. The second-order valence-electron chi connectivity index (χ2n) is 11.5. The summed E-state index contributed by atoms with van der Waals surface area (Å²) in [6, 6.07) is 0. The van der Waals surface area contributed by atoms with Crippen molar-refractivity contribution in [2.45, 2.75) is 155 Å². The first-order chi connectivity index (χ1) is 16.0. The number of quaternary nitrogens is 1. The van der Waals surface area contributed by atoms with Crippen LogP contribution in [0, 0.1) is 0 Å². The van der Waals surface area contributed by atoms with E-state index in [1.54, 1.807) is 0 Å². The van der Waals surface area contributed by atoms with Crippen molar-refractivity contribution < 1.29 is 33.3 Å². The predicted octanol–water partition coefficient (Wildman–Crippen LogP) is 5.81. The zero-order valence-corrected chi connectivity index (χ0v) is 26.1. The fourth-order valence-corrected chi connectivity index (χ4v) is 4.59. The highest BCUT2D eigenvalue weighted by Crippen LogP contribution is 2.15. The molecule has 0 saturated heterocycles. The summed E-state index contributed by atoms with van der Waals surface area (Å²) in [6.07, 6.45) is 31.2. The Bertz CT molecular complexity index is 409. The number of hydrogen-bond donors (Lipinski definition) is 1. The molecule has 34 heavy (non-hydrogen) atoms. The van der Waals surface area contributed by atoms with Gasteiger partial charge in [-0.1, -0.05) is 135 Å². The normalized spacial score (nSPS) is 11.4. The van der Waals surface area contributed by atoms with Gasteiger partial charge in [0.25, 0.3) is 0 Å². The van der Waals surface area contributed by atoms with E-state index < -0.39 is 0 Å². The maximum absolute atomic E-state index is 11.9. The number of nitrogens with zero attached hydrogens (tertiary/aromatic N) is 1. The fourth-order valence-electron chi connectivity index (χ4n) is 4.59. The lowest BCUT2D eigenvalue weighted by Crippen LogP contribution is -3.00. The van der Waals surface area contributed by atoms with Gasteiger partial charge in [0.2, 0.25) is 5.91 Å². The molecule has 0 fully saturated rings. The van der Waals surface area contributed by atoms with E-state index >= 15 is 0 Å². The summed E-state index contributed by atoms with van der Waals surface area (Å²) < 4.78 is 0.968. The minimum Gasteiger partial charge on any atom is -1.00 e. The Morgan fingerprint density at radius 1 is 0.529 bits per heavy atom. The average molecular weight is 595 g/mol. The van der Waals surface area contributed by atoms with Gasteiger partial charge in [-0.3, -0.25) is 4.79 Å². The molecular weight excluding hydrogens is 531 g/mol. The van der Waals surface area contributed by atoms with Gasteiger partial charge in [0, 0.05) is 19.4 Å². The molecule has 4 heteroatoms. The van der Waals surface area contributed by atoms with E-state index in [0.29, 0.717) is 6.42 Å². The van der Waals surface area contributed by atoms with Gasteiger partial charge in [-0.05, 0) is 6.42 Å². The van der Waals surface area contributed by atoms with Gasteiger partial charge < -0.3 is 33.8 Å². The lowest BCUT2D eigenvalue weighted by molar-refractivity contribution is -0.870. The maximum atomic E-state index is 11.9. The summed E-state index contributed by atoms with van der Waals surface area (Å²) in [7, 11) is 6.59. The van der Waals surface area contributed by atoms with E-state index in [9.17, 15) is 4.79 Å². The quantitative estimate of drug-likeness (QED) is 0.0765. The highest BCUT2D eigenvalue weighted by molar-refractivity contribution is 5.75. The van der Waals surface area contributed by atoms with E-state index in [1.807, 2.05) is 0 Å². The average Bonchev–Trinajstić information content (AvgIpc) is 2.77. The molecule has 0 radical (unpaired) electrons. The summed E-state index contributed by atoms with van der Waals surface area (Å²) in [5.74, 6) is 0.245. The third-order valence-electron chi connectivity index (χ3n) is 6.84. The zero-order valence-electron chi connectivity index (χ0n) is 23.9. The predicted molar refractivity (Wildman–Crippen MR) is 148 cm³/mol. The third-order valence-corrected chi connectivity index (χ3v) is 6.84. The van der Waals surface area contributed by atoms with Crippen molar-refractivity contribution in [3.63, 3.8) is 0 Å². The maximum Gasteiger partial charge on any atom is 0.219 e. The van der Waals surface area contributed by atoms with Crippen LogP contribution in [0.3, 0.4) is 0 Å². The lowest BCUT2D eigenvalue weighted by atomic mass is 10.0. The zero-order chi connectivity index (χ0) is 24.5. The molecule has 0 saturated carbocycles. The molecule has 0 rings (SSSR count). The molecule has 3 nitrogen and oxygen atoms in total. The minimum atomic E-state index is 0. The van der Waals surface area contributed by atoms with Gasteiger partial charge in [-0.25, -0.2) is 0 Å². The summed E-state index contributed by atoms with van der Waals surface area (Å²) in [5, 5.41) is 3.07. The SMILES string of the molecule is CCCCCCCCCCCCCCCCCCCCCCCC(=O)NCCC[N+](C)(C)C.[I-]. The van der Waals surface area contributed by atoms with E-state index in [-0.39, 0.29) is 29.9 Å².